The summed E-state index contributed by atoms with van der Waals surface area (Å²) in [5, 5.41) is 0. The molecule has 0 saturated heterocycles. The molecule has 0 aromatic heterocycles. The molecule has 1 aromatic rings. The predicted molar refractivity (Wildman–Crippen MR) is 40.4 cm³/mol. The molecule has 0 aliphatic heterocycles. The standard InChI is InChI=1S/C9H12.Cu/c1-2-6-9-7-4-3-5-8-9;/h3-5,7-8H,2,6H2,1H3;. The maximum Gasteiger partial charge on any atom is 0 e. The summed E-state index contributed by atoms with van der Waals surface area (Å²) in [7, 11) is 0. The third kappa shape index (κ3) is 3.05. The van der Waals surface area contributed by atoms with Crippen molar-refractivity contribution in [2.75, 3.05) is 0 Å². The summed E-state index contributed by atoms with van der Waals surface area (Å²) in [6.45, 7) is 2.20. The summed E-state index contributed by atoms with van der Waals surface area (Å²) >= 11 is 0. The summed E-state index contributed by atoms with van der Waals surface area (Å²) in [6, 6.07) is 10.6. The fraction of sp³-hybridized carbons (Fsp3) is 0.333. The molecule has 0 bridgehead atoms. The molecular formula is C9H12Cu. The van der Waals surface area contributed by atoms with Gasteiger partial charge in [-0.2, -0.15) is 0 Å². The van der Waals surface area contributed by atoms with Gasteiger partial charge in [0.05, 0.1) is 0 Å². The Balaban J connectivity index is 0.000000810. The summed E-state index contributed by atoms with van der Waals surface area (Å²) < 4.78 is 0. The Labute approximate surface area is 73.1 Å². The van der Waals surface area contributed by atoms with Crippen molar-refractivity contribution in [2.24, 2.45) is 0 Å². The van der Waals surface area contributed by atoms with E-state index in [1.807, 2.05) is 0 Å². The fourth-order valence-electron chi connectivity index (χ4n) is 0.933. The van der Waals surface area contributed by atoms with Gasteiger partial charge in [-0.3, -0.25) is 0 Å². The van der Waals surface area contributed by atoms with Crippen molar-refractivity contribution < 1.29 is 17.1 Å². The van der Waals surface area contributed by atoms with Crippen LogP contribution in [-0.4, -0.2) is 0 Å². The van der Waals surface area contributed by atoms with Crippen LogP contribution in [0.1, 0.15) is 18.9 Å². The third-order valence-corrected chi connectivity index (χ3v) is 1.38. The SMILES string of the molecule is CCCc1ccccc1.[Cu]. The number of hydrogen-bond acceptors (Lipinski definition) is 0. The molecule has 0 heterocycles. The van der Waals surface area contributed by atoms with Crippen LogP contribution in [0.25, 0.3) is 0 Å². The van der Waals surface area contributed by atoms with Gasteiger partial charge in [0, 0.05) is 17.1 Å². The second-order valence-electron chi connectivity index (χ2n) is 2.24. The number of hydrogen-bond donors (Lipinski definition) is 0. The van der Waals surface area contributed by atoms with Crippen LogP contribution in [0.2, 0.25) is 0 Å². The summed E-state index contributed by atoms with van der Waals surface area (Å²) in [5.41, 5.74) is 1.44. The molecule has 0 fully saturated rings. The number of rotatable bonds is 2. The van der Waals surface area contributed by atoms with Gasteiger partial charge in [0.2, 0.25) is 0 Å². The predicted octanol–water partition coefficient (Wildman–Crippen LogP) is 2.64. The second kappa shape index (κ2) is 5.52. The van der Waals surface area contributed by atoms with Gasteiger partial charge in [-0.05, 0) is 12.0 Å². The fourth-order valence-corrected chi connectivity index (χ4v) is 0.933. The van der Waals surface area contributed by atoms with Gasteiger partial charge in [-0.25, -0.2) is 0 Å². The van der Waals surface area contributed by atoms with Crippen molar-refractivity contribution in [3.8, 4) is 0 Å². The van der Waals surface area contributed by atoms with Gasteiger partial charge in [-0.1, -0.05) is 43.7 Å². The molecule has 0 spiro atoms. The van der Waals surface area contributed by atoms with E-state index in [1.165, 1.54) is 18.4 Å². The van der Waals surface area contributed by atoms with Crippen LogP contribution >= 0.6 is 0 Å². The Morgan fingerprint density at radius 2 is 1.70 bits per heavy atom. The monoisotopic (exact) mass is 183 g/mol. The van der Waals surface area contributed by atoms with Gasteiger partial charge in [0.15, 0.2) is 0 Å². The second-order valence-corrected chi connectivity index (χ2v) is 2.24. The van der Waals surface area contributed by atoms with Crippen molar-refractivity contribution in [1.29, 1.82) is 0 Å². The molecule has 59 valence electrons. The molecular weight excluding hydrogens is 172 g/mol. The number of aryl methyl sites for hydroxylation is 1. The zero-order valence-electron chi connectivity index (χ0n) is 6.10. The Bertz CT molecular complexity index is 158. The van der Waals surface area contributed by atoms with Crippen molar-refractivity contribution in [3.05, 3.63) is 35.9 Å². The van der Waals surface area contributed by atoms with E-state index in [1.54, 1.807) is 0 Å². The van der Waals surface area contributed by atoms with E-state index in [0.717, 1.165) is 0 Å². The minimum atomic E-state index is 0. The smallest absolute Gasteiger partial charge is 0 e. The van der Waals surface area contributed by atoms with Gasteiger partial charge in [0.1, 0.15) is 0 Å². The normalized spacial score (nSPS) is 8.50. The van der Waals surface area contributed by atoms with Gasteiger partial charge in [-0.15, -0.1) is 0 Å². The first-order valence-corrected chi connectivity index (χ1v) is 3.47. The third-order valence-electron chi connectivity index (χ3n) is 1.38. The van der Waals surface area contributed by atoms with Crippen LogP contribution in [0.3, 0.4) is 0 Å². The Hall–Kier alpha value is -0.261. The zero-order chi connectivity index (χ0) is 6.53. The van der Waals surface area contributed by atoms with Crippen molar-refractivity contribution in [2.45, 2.75) is 19.8 Å². The minimum absolute atomic E-state index is 0. The quantitative estimate of drug-likeness (QED) is 0.619. The summed E-state index contributed by atoms with van der Waals surface area (Å²) in [5.74, 6) is 0. The molecule has 1 heteroatoms. The average molecular weight is 184 g/mol. The van der Waals surface area contributed by atoms with E-state index in [9.17, 15) is 0 Å². The first-order valence-electron chi connectivity index (χ1n) is 3.47. The van der Waals surface area contributed by atoms with Crippen LogP contribution in [0.4, 0.5) is 0 Å². The molecule has 1 aromatic carbocycles. The number of benzene rings is 1. The summed E-state index contributed by atoms with van der Waals surface area (Å²) in [6.07, 6.45) is 2.45. The van der Waals surface area contributed by atoms with Crippen LogP contribution in [-0.2, 0) is 23.5 Å². The molecule has 0 unspecified atom stereocenters. The first-order chi connectivity index (χ1) is 4.43. The molecule has 10 heavy (non-hydrogen) atoms. The van der Waals surface area contributed by atoms with Crippen molar-refractivity contribution >= 4 is 0 Å². The molecule has 1 radical (unpaired) electrons. The molecule has 0 aliphatic rings. The van der Waals surface area contributed by atoms with E-state index < -0.39 is 0 Å². The van der Waals surface area contributed by atoms with E-state index in [0.29, 0.717) is 0 Å². The van der Waals surface area contributed by atoms with Gasteiger partial charge in [0.25, 0.3) is 0 Å². The topological polar surface area (TPSA) is 0 Å². The molecule has 0 N–H and O–H groups in total. The molecule has 0 aliphatic carbocycles. The van der Waals surface area contributed by atoms with Crippen LogP contribution in [0, 0.1) is 0 Å². The molecule has 0 amide bonds. The zero-order valence-corrected chi connectivity index (χ0v) is 7.04. The largest absolute Gasteiger partial charge is 0.0651 e. The maximum atomic E-state index is 2.20. The van der Waals surface area contributed by atoms with E-state index >= 15 is 0 Å². The minimum Gasteiger partial charge on any atom is -0.0651 e. The van der Waals surface area contributed by atoms with Crippen LogP contribution in [0.5, 0.6) is 0 Å². The molecule has 0 nitrogen and oxygen atoms in total. The van der Waals surface area contributed by atoms with Crippen LogP contribution in [0.15, 0.2) is 30.3 Å². The Morgan fingerprint density at radius 3 is 2.20 bits per heavy atom. The molecule has 1 rings (SSSR count). The van der Waals surface area contributed by atoms with Gasteiger partial charge >= 0.3 is 0 Å². The average Bonchev–Trinajstić information content (AvgIpc) is 1.91. The first kappa shape index (κ1) is 9.74. The van der Waals surface area contributed by atoms with Crippen molar-refractivity contribution in [3.63, 3.8) is 0 Å². The summed E-state index contributed by atoms with van der Waals surface area (Å²) in [4.78, 5) is 0. The Kier molecular flexibility index (Phi) is 5.37. The van der Waals surface area contributed by atoms with Crippen LogP contribution < -0.4 is 0 Å². The van der Waals surface area contributed by atoms with Crippen molar-refractivity contribution in [1.82, 2.24) is 0 Å². The van der Waals surface area contributed by atoms with E-state index in [-0.39, 0.29) is 17.1 Å². The Morgan fingerprint density at radius 1 is 1.10 bits per heavy atom. The van der Waals surface area contributed by atoms with E-state index in [4.69, 9.17) is 0 Å². The van der Waals surface area contributed by atoms with E-state index in [2.05, 4.69) is 37.3 Å². The molecule has 0 atom stereocenters. The maximum absolute atomic E-state index is 2.20. The molecule has 0 saturated carbocycles. The van der Waals surface area contributed by atoms with Gasteiger partial charge < -0.3 is 0 Å².